The van der Waals surface area contributed by atoms with Crippen LogP contribution in [0.1, 0.15) is 12.5 Å². The zero-order chi connectivity index (χ0) is 19.5. The second-order valence-corrected chi connectivity index (χ2v) is 8.54. The Labute approximate surface area is 174 Å². The van der Waals surface area contributed by atoms with E-state index in [0.717, 1.165) is 31.2 Å². The van der Waals surface area contributed by atoms with Crippen molar-refractivity contribution in [3.05, 3.63) is 59.1 Å². The standard InChI is InChI=1S/C23H31ClN4/c1-19(26-13-11-25(2)12-14-26)17-27-15-16-28(23-10-6-5-9-22(23)27)18-20-7-3-4-8-21(20)24/h3-10,19H,11-18H2,1-2H3. The zero-order valence-corrected chi connectivity index (χ0v) is 17.8. The summed E-state index contributed by atoms with van der Waals surface area (Å²) in [5.74, 6) is 0. The lowest BCUT2D eigenvalue weighted by molar-refractivity contribution is 0.121. The minimum absolute atomic E-state index is 0.567. The molecule has 2 aromatic rings. The van der Waals surface area contributed by atoms with Crippen LogP contribution >= 0.6 is 11.6 Å². The van der Waals surface area contributed by atoms with Crippen LogP contribution in [-0.2, 0) is 6.54 Å². The number of hydrogen-bond donors (Lipinski definition) is 0. The number of rotatable bonds is 5. The van der Waals surface area contributed by atoms with E-state index >= 15 is 0 Å². The minimum atomic E-state index is 0.567. The molecule has 0 aromatic heterocycles. The van der Waals surface area contributed by atoms with Gasteiger partial charge in [0.2, 0.25) is 0 Å². The quantitative estimate of drug-likeness (QED) is 0.759. The van der Waals surface area contributed by atoms with Gasteiger partial charge >= 0.3 is 0 Å². The Morgan fingerprint density at radius 2 is 1.43 bits per heavy atom. The van der Waals surface area contributed by atoms with E-state index in [9.17, 15) is 0 Å². The number of para-hydroxylation sites is 2. The van der Waals surface area contributed by atoms with Crippen molar-refractivity contribution in [3.63, 3.8) is 0 Å². The molecule has 150 valence electrons. The molecule has 0 N–H and O–H groups in total. The monoisotopic (exact) mass is 398 g/mol. The van der Waals surface area contributed by atoms with Gasteiger partial charge in [-0.3, -0.25) is 4.90 Å². The van der Waals surface area contributed by atoms with Gasteiger partial charge in [0.25, 0.3) is 0 Å². The normalized spacial score (nSPS) is 19.5. The lowest BCUT2D eigenvalue weighted by Crippen LogP contribution is -2.52. The summed E-state index contributed by atoms with van der Waals surface area (Å²) in [7, 11) is 2.22. The first-order valence-electron chi connectivity index (χ1n) is 10.4. The number of anilines is 2. The lowest BCUT2D eigenvalue weighted by Gasteiger charge is -2.43. The smallest absolute Gasteiger partial charge is 0.0607 e. The number of piperazine rings is 1. The minimum Gasteiger partial charge on any atom is -0.367 e. The Balaban J connectivity index is 1.47. The number of benzene rings is 2. The van der Waals surface area contributed by atoms with E-state index in [2.05, 4.69) is 70.0 Å². The highest BCUT2D eigenvalue weighted by atomic mass is 35.5. The molecule has 5 heteroatoms. The van der Waals surface area contributed by atoms with E-state index in [1.165, 1.54) is 43.1 Å². The van der Waals surface area contributed by atoms with Crippen LogP contribution in [0.5, 0.6) is 0 Å². The van der Waals surface area contributed by atoms with Crippen molar-refractivity contribution < 1.29 is 0 Å². The summed E-state index contributed by atoms with van der Waals surface area (Å²) in [6.07, 6.45) is 0. The highest BCUT2D eigenvalue weighted by Gasteiger charge is 2.26. The molecule has 2 heterocycles. The van der Waals surface area contributed by atoms with Crippen molar-refractivity contribution in [2.75, 3.05) is 62.7 Å². The van der Waals surface area contributed by atoms with Crippen molar-refractivity contribution in [2.24, 2.45) is 0 Å². The fourth-order valence-electron chi connectivity index (χ4n) is 4.36. The summed E-state index contributed by atoms with van der Waals surface area (Å²) in [5, 5.41) is 0.853. The van der Waals surface area contributed by atoms with Crippen LogP contribution in [0.4, 0.5) is 11.4 Å². The molecule has 0 radical (unpaired) electrons. The summed E-state index contributed by atoms with van der Waals surface area (Å²) in [4.78, 5) is 10.1. The molecule has 2 aromatic carbocycles. The Bertz CT molecular complexity index is 788. The summed E-state index contributed by atoms with van der Waals surface area (Å²) in [6.45, 7) is 11.1. The Kier molecular flexibility index (Phi) is 6.10. The van der Waals surface area contributed by atoms with Gasteiger partial charge in [0, 0.05) is 63.4 Å². The maximum atomic E-state index is 6.42. The summed E-state index contributed by atoms with van der Waals surface area (Å²) < 4.78 is 0. The molecule has 4 rings (SSSR count). The van der Waals surface area contributed by atoms with Crippen molar-refractivity contribution in [3.8, 4) is 0 Å². The third-order valence-electron chi connectivity index (χ3n) is 6.17. The number of hydrogen-bond acceptors (Lipinski definition) is 4. The second-order valence-electron chi connectivity index (χ2n) is 8.14. The topological polar surface area (TPSA) is 13.0 Å². The lowest BCUT2D eigenvalue weighted by atomic mass is 10.1. The van der Waals surface area contributed by atoms with Crippen LogP contribution in [0.15, 0.2) is 48.5 Å². The number of fused-ring (bicyclic) bond motifs is 1. The van der Waals surface area contributed by atoms with E-state index in [4.69, 9.17) is 11.6 Å². The van der Waals surface area contributed by atoms with E-state index in [1.54, 1.807) is 0 Å². The molecule has 1 saturated heterocycles. The Hall–Kier alpha value is -1.75. The summed E-state index contributed by atoms with van der Waals surface area (Å²) in [5.41, 5.74) is 3.86. The van der Waals surface area contributed by atoms with Crippen LogP contribution in [0.2, 0.25) is 5.02 Å². The van der Waals surface area contributed by atoms with Gasteiger partial charge in [0.15, 0.2) is 0 Å². The van der Waals surface area contributed by atoms with Gasteiger partial charge in [-0.25, -0.2) is 0 Å². The SMILES string of the molecule is CC(CN1CCN(Cc2ccccc2Cl)c2ccccc21)N1CCN(C)CC1. The van der Waals surface area contributed by atoms with Crippen molar-refractivity contribution in [1.82, 2.24) is 9.80 Å². The first-order chi connectivity index (χ1) is 13.6. The Morgan fingerprint density at radius 3 is 2.14 bits per heavy atom. The molecule has 0 bridgehead atoms. The summed E-state index contributed by atoms with van der Waals surface area (Å²) >= 11 is 6.42. The highest BCUT2D eigenvalue weighted by Crippen LogP contribution is 2.34. The first kappa shape index (κ1) is 19.6. The molecule has 0 spiro atoms. The number of likely N-dealkylation sites (N-methyl/N-ethyl adjacent to an activating group) is 1. The molecule has 1 unspecified atom stereocenters. The van der Waals surface area contributed by atoms with Crippen LogP contribution in [0.25, 0.3) is 0 Å². The molecule has 4 nitrogen and oxygen atoms in total. The molecule has 1 atom stereocenters. The third-order valence-corrected chi connectivity index (χ3v) is 6.54. The molecule has 0 saturated carbocycles. The van der Waals surface area contributed by atoms with Gasteiger partial charge in [0.05, 0.1) is 11.4 Å². The predicted octanol–water partition coefficient (Wildman–Crippen LogP) is 3.80. The van der Waals surface area contributed by atoms with E-state index in [1.807, 2.05) is 12.1 Å². The highest BCUT2D eigenvalue weighted by molar-refractivity contribution is 6.31. The molecule has 0 aliphatic carbocycles. The van der Waals surface area contributed by atoms with Gasteiger partial charge in [-0.15, -0.1) is 0 Å². The molecule has 2 aliphatic heterocycles. The van der Waals surface area contributed by atoms with Gasteiger partial charge in [-0.05, 0) is 37.7 Å². The Morgan fingerprint density at radius 1 is 0.821 bits per heavy atom. The van der Waals surface area contributed by atoms with Crippen LogP contribution < -0.4 is 9.80 Å². The average Bonchev–Trinajstić information content (AvgIpc) is 2.72. The van der Waals surface area contributed by atoms with Crippen molar-refractivity contribution >= 4 is 23.0 Å². The molecule has 0 amide bonds. The summed E-state index contributed by atoms with van der Waals surface area (Å²) in [6, 6.07) is 17.6. The second kappa shape index (κ2) is 8.73. The third kappa shape index (κ3) is 4.29. The largest absolute Gasteiger partial charge is 0.367 e. The fraction of sp³-hybridized carbons (Fsp3) is 0.478. The number of nitrogens with zero attached hydrogens (tertiary/aromatic N) is 4. The maximum absolute atomic E-state index is 6.42. The van der Waals surface area contributed by atoms with E-state index < -0.39 is 0 Å². The number of halogens is 1. The van der Waals surface area contributed by atoms with E-state index in [-0.39, 0.29) is 0 Å². The van der Waals surface area contributed by atoms with Gasteiger partial charge in [-0.2, -0.15) is 0 Å². The van der Waals surface area contributed by atoms with E-state index in [0.29, 0.717) is 6.04 Å². The molecular weight excluding hydrogens is 368 g/mol. The van der Waals surface area contributed by atoms with Gasteiger partial charge < -0.3 is 14.7 Å². The van der Waals surface area contributed by atoms with Crippen molar-refractivity contribution in [2.45, 2.75) is 19.5 Å². The molecule has 28 heavy (non-hydrogen) atoms. The van der Waals surface area contributed by atoms with Gasteiger partial charge in [-0.1, -0.05) is 41.9 Å². The fourth-order valence-corrected chi connectivity index (χ4v) is 4.56. The average molecular weight is 399 g/mol. The predicted molar refractivity (Wildman–Crippen MR) is 120 cm³/mol. The maximum Gasteiger partial charge on any atom is 0.0607 e. The molecular formula is C23H31ClN4. The first-order valence-corrected chi connectivity index (χ1v) is 10.7. The van der Waals surface area contributed by atoms with Crippen LogP contribution in [0, 0.1) is 0 Å². The molecule has 1 fully saturated rings. The van der Waals surface area contributed by atoms with Crippen molar-refractivity contribution in [1.29, 1.82) is 0 Å². The van der Waals surface area contributed by atoms with Crippen LogP contribution in [0.3, 0.4) is 0 Å². The molecule has 2 aliphatic rings. The van der Waals surface area contributed by atoms with Gasteiger partial charge in [0.1, 0.15) is 0 Å². The zero-order valence-electron chi connectivity index (χ0n) is 17.0. The van der Waals surface area contributed by atoms with Crippen LogP contribution in [-0.4, -0.2) is 68.7 Å².